The lowest BCUT2D eigenvalue weighted by molar-refractivity contribution is -0.149. The fourth-order valence-corrected chi connectivity index (χ4v) is 1.63. The maximum Gasteiger partial charge on any atom is 0.344 e. The highest BCUT2D eigenvalue weighted by molar-refractivity contribution is 5.71. The largest absolute Gasteiger partial charge is 0.482 e. The first-order valence-electron chi connectivity index (χ1n) is 6.14. The highest BCUT2D eigenvalue weighted by Crippen LogP contribution is 2.20. The Balaban J connectivity index is 2.63. The van der Waals surface area contributed by atoms with Gasteiger partial charge in [-0.3, -0.25) is 0 Å². The number of benzene rings is 1. The van der Waals surface area contributed by atoms with Crippen molar-refractivity contribution in [3.63, 3.8) is 0 Å². The van der Waals surface area contributed by atoms with Crippen LogP contribution in [-0.4, -0.2) is 25.2 Å². The Morgan fingerprint density at radius 3 is 2.72 bits per heavy atom. The number of aryl methyl sites for hydroxylation is 1. The van der Waals surface area contributed by atoms with E-state index in [0.717, 1.165) is 17.5 Å². The number of carbonyl (C=O) groups is 1. The molecular formula is C14H21NO3. The van der Waals surface area contributed by atoms with Crippen molar-refractivity contribution >= 4 is 5.97 Å². The zero-order chi connectivity index (χ0) is 13.5. The molecule has 100 valence electrons. The lowest BCUT2D eigenvalue weighted by atomic mass is 10.1. The molecule has 18 heavy (non-hydrogen) atoms. The van der Waals surface area contributed by atoms with Gasteiger partial charge in [0.2, 0.25) is 0 Å². The van der Waals surface area contributed by atoms with Gasteiger partial charge in [0.1, 0.15) is 5.75 Å². The van der Waals surface area contributed by atoms with Crippen molar-refractivity contribution in [1.29, 1.82) is 0 Å². The summed E-state index contributed by atoms with van der Waals surface area (Å²) in [5, 5.41) is 0. The number of hydrogen-bond acceptors (Lipinski definition) is 4. The fraction of sp³-hybridized carbons (Fsp3) is 0.500. The van der Waals surface area contributed by atoms with E-state index < -0.39 is 0 Å². The van der Waals surface area contributed by atoms with Gasteiger partial charge in [-0.2, -0.15) is 0 Å². The molecule has 0 heterocycles. The molecule has 0 unspecified atom stereocenters. The summed E-state index contributed by atoms with van der Waals surface area (Å²) >= 11 is 0. The zero-order valence-electron chi connectivity index (χ0n) is 11.2. The minimum Gasteiger partial charge on any atom is -0.482 e. The second-order valence-corrected chi connectivity index (χ2v) is 4.48. The summed E-state index contributed by atoms with van der Waals surface area (Å²) in [5.74, 6) is 0.344. The van der Waals surface area contributed by atoms with E-state index in [1.807, 2.05) is 39.0 Å². The van der Waals surface area contributed by atoms with Crippen LogP contribution >= 0.6 is 0 Å². The molecule has 1 aromatic rings. The molecule has 2 N–H and O–H groups in total. The van der Waals surface area contributed by atoms with Crippen molar-refractivity contribution in [2.45, 2.75) is 33.3 Å². The van der Waals surface area contributed by atoms with Crippen molar-refractivity contribution in [3.05, 3.63) is 29.3 Å². The lowest BCUT2D eigenvalue weighted by Gasteiger charge is -2.12. The maximum absolute atomic E-state index is 11.4. The van der Waals surface area contributed by atoms with Gasteiger partial charge < -0.3 is 15.2 Å². The molecule has 0 bridgehead atoms. The average Bonchev–Trinajstić information content (AvgIpc) is 2.27. The Hall–Kier alpha value is -1.55. The Morgan fingerprint density at radius 2 is 2.11 bits per heavy atom. The van der Waals surface area contributed by atoms with Gasteiger partial charge in [-0.05, 0) is 45.4 Å². The Kier molecular flexibility index (Phi) is 5.65. The van der Waals surface area contributed by atoms with Gasteiger partial charge in [0.15, 0.2) is 6.61 Å². The molecule has 0 atom stereocenters. The first-order chi connectivity index (χ1) is 8.52. The van der Waals surface area contributed by atoms with Crippen LogP contribution in [0.4, 0.5) is 0 Å². The third kappa shape index (κ3) is 4.75. The van der Waals surface area contributed by atoms with E-state index in [1.165, 1.54) is 0 Å². The molecule has 0 amide bonds. The lowest BCUT2D eigenvalue weighted by Crippen LogP contribution is -2.19. The van der Waals surface area contributed by atoms with Crippen LogP contribution in [0.5, 0.6) is 5.75 Å². The Labute approximate surface area is 108 Å². The summed E-state index contributed by atoms with van der Waals surface area (Å²) in [6, 6.07) is 5.84. The monoisotopic (exact) mass is 251 g/mol. The van der Waals surface area contributed by atoms with E-state index in [9.17, 15) is 4.79 Å². The van der Waals surface area contributed by atoms with Gasteiger partial charge in [0.25, 0.3) is 0 Å². The summed E-state index contributed by atoms with van der Waals surface area (Å²) in [5.41, 5.74) is 7.73. The summed E-state index contributed by atoms with van der Waals surface area (Å²) in [6.07, 6.45) is 0.610. The van der Waals surface area contributed by atoms with Crippen LogP contribution in [-0.2, 0) is 16.0 Å². The van der Waals surface area contributed by atoms with Gasteiger partial charge in [0.05, 0.1) is 6.10 Å². The quantitative estimate of drug-likeness (QED) is 0.783. The molecule has 1 aromatic carbocycles. The van der Waals surface area contributed by atoms with E-state index in [4.69, 9.17) is 15.2 Å². The summed E-state index contributed by atoms with van der Waals surface area (Å²) in [4.78, 5) is 11.4. The highest BCUT2D eigenvalue weighted by Gasteiger charge is 2.09. The maximum atomic E-state index is 11.4. The van der Waals surface area contributed by atoms with E-state index >= 15 is 0 Å². The number of ether oxygens (including phenoxy) is 2. The van der Waals surface area contributed by atoms with Crippen LogP contribution in [0.3, 0.4) is 0 Å². The minimum atomic E-state index is -0.357. The summed E-state index contributed by atoms with van der Waals surface area (Å²) in [7, 11) is 0. The first-order valence-corrected chi connectivity index (χ1v) is 6.14. The van der Waals surface area contributed by atoms with Gasteiger partial charge in [0, 0.05) is 0 Å². The molecule has 0 spiro atoms. The average molecular weight is 251 g/mol. The summed E-state index contributed by atoms with van der Waals surface area (Å²) < 4.78 is 10.5. The molecule has 0 aliphatic rings. The van der Waals surface area contributed by atoms with Gasteiger partial charge in [-0.25, -0.2) is 4.79 Å². The number of esters is 1. The second kappa shape index (κ2) is 7.01. The van der Waals surface area contributed by atoms with Gasteiger partial charge >= 0.3 is 5.97 Å². The molecule has 0 radical (unpaired) electrons. The van der Waals surface area contributed by atoms with Crippen molar-refractivity contribution in [1.82, 2.24) is 0 Å². The molecule has 4 nitrogen and oxygen atoms in total. The van der Waals surface area contributed by atoms with Crippen LogP contribution in [0.15, 0.2) is 18.2 Å². The SMILES string of the molecule is Cc1ccc(OCC(=O)OC(C)C)c(CCN)c1. The molecular weight excluding hydrogens is 230 g/mol. The standard InChI is InChI=1S/C14H21NO3/c1-10(2)18-14(16)9-17-13-5-4-11(3)8-12(13)6-7-15/h4-5,8,10H,6-7,9,15H2,1-3H3. The topological polar surface area (TPSA) is 61.5 Å². The number of hydrogen-bond donors (Lipinski definition) is 1. The first kappa shape index (κ1) is 14.5. The van der Waals surface area contributed by atoms with Crippen LogP contribution in [0.25, 0.3) is 0 Å². The normalized spacial score (nSPS) is 10.5. The van der Waals surface area contributed by atoms with Crippen molar-refractivity contribution < 1.29 is 14.3 Å². The number of nitrogens with two attached hydrogens (primary N) is 1. The molecule has 0 aliphatic heterocycles. The summed E-state index contributed by atoms with van der Waals surface area (Å²) in [6.45, 7) is 6.11. The fourth-order valence-electron chi connectivity index (χ4n) is 1.63. The van der Waals surface area contributed by atoms with Crippen molar-refractivity contribution in [2.75, 3.05) is 13.2 Å². The molecule has 0 aliphatic carbocycles. The van der Waals surface area contributed by atoms with E-state index in [2.05, 4.69) is 0 Å². The third-order valence-corrected chi connectivity index (χ3v) is 2.34. The van der Waals surface area contributed by atoms with E-state index in [1.54, 1.807) is 0 Å². The van der Waals surface area contributed by atoms with E-state index in [-0.39, 0.29) is 18.7 Å². The van der Waals surface area contributed by atoms with Gasteiger partial charge in [-0.1, -0.05) is 17.7 Å². The predicted molar refractivity (Wildman–Crippen MR) is 70.7 cm³/mol. The smallest absolute Gasteiger partial charge is 0.344 e. The highest BCUT2D eigenvalue weighted by atomic mass is 16.6. The number of rotatable bonds is 6. The molecule has 0 aromatic heterocycles. The molecule has 0 saturated heterocycles. The molecule has 1 rings (SSSR count). The van der Waals surface area contributed by atoms with Gasteiger partial charge in [-0.15, -0.1) is 0 Å². The van der Waals surface area contributed by atoms with Crippen molar-refractivity contribution in [3.8, 4) is 5.75 Å². The third-order valence-electron chi connectivity index (χ3n) is 2.34. The molecule has 4 heteroatoms. The predicted octanol–water partition coefficient (Wildman–Crippen LogP) is 1.83. The van der Waals surface area contributed by atoms with Crippen LogP contribution in [0.1, 0.15) is 25.0 Å². The van der Waals surface area contributed by atoms with Crippen molar-refractivity contribution in [2.24, 2.45) is 5.73 Å². The van der Waals surface area contributed by atoms with Crippen LogP contribution < -0.4 is 10.5 Å². The Morgan fingerprint density at radius 1 is 1.39 bits per heavy atom. The Bertz CT molecular complexity index is 402. The zero-order valence-corrected chi connectivity index (χ0v) is 11.2. The second-order valence-electron chi connectivity index (χ2n) is 4.48. The molecule has 0 saturated carbocycles. The number of carbonyl (C=O) groups excluding carboxylic acids is 1. The molecule has 0 fully saturated rings. The van der Waals surface area contributed by atoms with E-state index in [0.29, 0.717) is 12.3 Å². The minimum absolute atomic E-state index is 0.0706. The van der Waals surface area contributed by atoms with Crippen LogP contribution in [0.2, 0.25) is 0 Å². The van der Waals surface area contributed by atoms with Crippen LogP contribution in [0, 0.1) is 6.92 Å².